The molecule has 0 aromatic carbocycles. The van der Waals surface area contributed by atoms with Crippen molar-refractivity contribution >= 4 is 5.97 Å². The first-order chi connectivity index (χ1) is 7.69. The van der Waals surface area contributed by atoms with Gasteiger partial charge in [0.25, 0.3) is 0 Å². The minimum Gasteiger partial charge on any atom is -0.480 e. The van der Waals surface area contributed by atoms with Gasteiger partial charge in [0.1, 0.15) is 5.54 Å². The van der Waals surface area contributed by atoms with Gasteiger partial charge in [0.05, 0.1) is 0 Å². The highest BCUT2D eigenvalue weighted by Gasteiger charge is 2.48. The third kappa shape index (κ3) is 1.96. The van der Waals surface area contributed by atoms with Crippen LogP contribution < -0.4 is 5.32 Å². The van der Waals surface area contributed by atoms with Gasteiger partial charge in [-0.05, 0) is 45.3 Å². The Morgan fingerprint density at radius 2 is 2.38 bits per heavy atom. The van der Waals surface area contributed by atoms with E-state index in [-0.39, 0.29) is 5.92 Å². The largest absolute Gasteiger partial charge is 0.480 e. The van der Waals surface area contributed by atoms with Gasteiger partial charge in [-0.15, -0.1) is 0 Å². The van der Waals surface area contributed by atoms with Crippen LogP contribution in [0.15, 0.2) is 0 Å². The molecule has 2 heterocycles. The molecule has 2 aliphatic rings. The first-order valence-corrected chi connectivity index (χ1v) is 6.40. The number of likely N-dealkylation sites (tertiary alicyclic amines) is 1. The van der Waals surface area contributed by atoms with E-state index >= 15 is 0 Å². The van der Waals surface area contributed by atoms with Crippen LogP contribution in [0.25, 0.3) is 0 Å². The van der Waals surface area contributed by atoms with E-state index in [4.69, 9.17) is 0 Å². The Bertz CT molecular complexity index is 262. The number of hydrogen-bond donors (Lipinski definition) is 2. The van der Waals surface area contributed by atoms with E-state index in [2.05, 4.69) is 17.1 Å². The van der Waals surface area contributed by atoms with E-state index < -0.39 is 11.5 Å². The summed E-state index contributed by atoms with van der Waals surface area (Å²) in [6.07, 6.45) is 3.98. The number of nitrogens with one attached hydrogen (secondary N) is 1. The maximum atomic E-state index is 11.5. The predicted molar refractivity (Wildman–Crippen MR) is 62.4 cm³/mol. The molecule has 2 N–H and O–H groups in total. The van der Waals surface area contributed by atoms with Gasteiger partial charge in [0.2, 0.25) is 0 Å². The molecule has 2 atom stereocenters. The topological polar surface area (TPSA) is 52.6 Å². The molecule has 0 aliphatic carbocycles. The monoisotopic (exact) mass is 226 g/mol. The lowest BCUT2D eigenvalue weighted by molar-refractivity contribution is -0.147. The lowest BCUT2D eigenvalue weighted by Gasteiger charge is -2.40. The van der Waals surface area contributed by atoms with Gasteiger partial charge in [0.15, 0.2) is 0 Å². The van der Waals surface area contributed by atoms with E-state index in [1.807, 2.05) is 0 Å². The number of hydrogen-bond acceptors (Lipinski definition) is 3. The lowest BCUT2D eigenvalue weighted by Crippen LogP contribution is -2.58. The molecule has 2 rings (SSSR count). The fraction of sp³-hybridized carbons (Fsp3) is 0.917. The average molecular weight is 226 g/mol. The summed E-state index contributed by atoms with van der Waals surface area (Å²) in [5.41, 5.74) is -0.631. The highest BCUT2D eigenvalue weighted by atomic mass is 16.4. The average Bonchev–Trinajstić information content (AvgIpc) is 2.79. The molecule has 0 bridgehead atoms. The van der Waals surface area contributed by atoms with Gasteiger partial charge >= 0.3 is 5.97 Å². The summed E-state index contributed by atoms with van der Waals surface area (Å²) in [5, 5.41) is 12.8. The van der Waals surface area contributed by atoms with Gasteiger partial charge in [-0.25, -0.2) is 0 Å². The van der Waals surface area contributed by atoms with Crippen LogP contribution in [0.3, 0.4) is 0 Å². The number of carboxylic acid groups (broad SMARTS) is 1. The molecule has 16 heavy (non-hydrogen) atoms. The third-order valence-electron chi connectivity index (χ3n) is 4.22. The normalized spacial score (nSPS) is 36.4. The van der Waals surface area contributed by atoms with Crippen molar-refractivity contribution in [1.82, 2.24) is 10.2 Å². The van der Waals surface area contributed by atoms with Gasteiger partial charge in [-0.1, -0.05) is 6.92 Å². The molecular formula is C12H22N2O2. The molecule has 2 unspecified atom stereocenters. The van der Waals surface area contributed by atoms with Crippen molar-refractivity contribution in [2.75, 3.05) is 26.2 Å². The summed E-state index contributed by atoms with van der Waals surface area (Å²) in [7, 11) is 0. The molecule has 4 heteroatoms. The first-order valence-electron chi connectivity index (χ1n) is 6.40. The number of rotatable bonds is 3. The Hall–Kier alpha value is -0.610. The summed E-state index contributed by atoms with van der Waals surface area (Å²) >= 11 is 0. The van der Waals surface area contributed by atoms with Gasteiger partial charge in [-0.2, -0.15) is 0 Å². The van der Waals surface area contributed by atoms with E-state index in [0.717, 1.165) is 51.9 Å². The van der Waals surface area contributed by atoms with Crippen LogP contribution in [0.1, 0.15) is 32.6 Å². The van der Waals surface area contributed by atoms with Crippen LogP contribution in [0.5, 0.6) is 0 Å². The lowest BCUT2D eigenvalue weighted by atomic mass is 9.77. The number of piperidine rings is 1. The Morgan fingerprint density at radius 1 is 1.56 bits per heavy atom. The second-order valence-corrected chi connectivity index (χ2v) is 5.04. The summed E-state index contributed by atoms with van der Waals surface area (Å²) in [6.45, 7) is 6.11. The van der Waals surface area contributed by atoms with Crippen molar-refractivity contribution in [2.24, 2.45) is 5.92 Å². The van der Waals surface area contributed by atoms with Crippen molar-refractivity contribution < 1.29 is 9.90 Å². The Morgan fingerprint density at radius 3 is 2.94 bits per heavy atom. The molecular weight excluding hydrogens is 204 g/mol. The zero-order valence-electron chi connectivity index (χ0n) is 10.0. The highest BCUT2D eigenvalue weighted by Crippen LogP contribution is 2.34. The molecule has 2 saturated heterocycles. The molecule has 2 aliphatic heterocycles. The molecule has 0 aromatic heterocycles. The zero-order chi connectivity index (χ0) is 11.6. The number of aliphatic carboxylic acids is 1. The molecule has 92 valence electrons. The van der Waals surface area contributed by atoms with E-state index in [9.17, 15) is 9.90 Å². The van der Waals surface area contributed by atoms with Crippen molar-refractivity contribution in [3.63, 3.8) is 0 Å². The van der Waals surface area contributed by atoms with E-state index in [0.29, 0.717) is 0 Å². The smallest absolute Gasteiger partial charge is 0.324 e. The summed E-state index contributed by atoms with van der Waals surface area (Å²) in [4.78, 5) is 13.9. The second kappa shape index (κ2) is 4.72. The zero-order valence-corrected chi connectivity index (χ0v) is 10.0. The Balaban J connectivity index is 2.11. The maximum absolute atomic E-state index is 11.5. The van der Waals surface area contributed by atoms with Crippen molar-refractivity contribution in [3.05, 3.63) is 0 Å². The van der Waals surface area contributed by atoms with Gasteiger partial charge < -0.3 is 15.3 Å². The fourth-order valence-electron chi connectivity index (χ4n) is 3.22. The predicted octanol–water partition coefficient (Wildman–Crippen LogP) is 0.925. The minimum absolute atomic E-state index is 0.279. The van der Waals surface area contributed by atoms with E-state index in [1.54, 1.807) is 0 Å². The third-order valence-corrected chi connectivity index (χ3v) is 4.22. The molecule has 0 aromatic rings. The molecule has 2 fully saturated rings. The van der Waals surface area contributed by atoms with Crippen LogP contribution in [-0.2, 0) is 4.79 Å². The van der Waals surface area contributed by atoms with E-state index in [1.165, 1.54) is 0 Å². The fourth-order valence-corrected chi connectivity index (χ4v) is 3.22. The van der Waals surface area contributed by atoms with Crippen LogP contribution in [0.4, 0.5) is 0 Å². The Labute approximate surface area is 97.0 Å². The molecule has 4 nitrogen and oxygen atoms in total. The standard InChI is InChI=1S/C12H22N2O2/c1-2-14-8-3-5-10(9-14)12(11(15)16)6-4-7-13-12/h10,13H,2-9H2,1H3,(H,15,16). The van der Waals surface area contributed by atoms with Crippen LogP contribution in [0.2, 0.25) is 0 Å². The molecule has 0 amide bonds. The second-order valence-electron chi connectivity index (χ2n) is 5.04. The van der Waals surface area contributed by atoms with Crippen LogP contribution >= 0.6 is 0 Å². The minimum atomic E-state index is -0.645. The Kier molecular flexibility index (Phi) is 3.50. The SMILES string of the molecule is CCN1CCCC(C2(C(=O)O)CCCN2)C1. The first kappa shape index (κ1) is 11.9. The van der Waals surface area contributed by atoms with Gasteiger partial charge in [0, 0.05) is 12.5 Å². The van der Waals surface area contributed by atoms with Crippen molar-refractivity contribution in [2.45, 2.75) is 38.1 Å². The number of carbonyl (C=O) groups is 1. The maximum Gasteiger partial charge on any atom is 0.324 e. The molecule has 0 saturated carbocycles. The molecule has 0 radical (unpaired) electrons. The number of carboxylic acids is 1. The van der Waals surface area contributed by atoms with Crippen molar-refractivity contribution in [3.8, 4) is 0 Å². The summed E-state index contributed by atoms with van der Waals surface area (Å²) < 4.78 is 0. The van der Waals surface area contributed by atoms with Crippen LogP contribution in [0, 0.1) is 5.92 Å². The molecule has 0 spiro atoms. The quantitative estimate of drug-likeness (QED) is 0.751. The number of nitrogens with zero attached hydrogens (tertiary/aromatic N) is 1. The summed E-state index contributed by atoms with van der Waals surface area (Å²) in [6, 6.07) is 0. The van der Waals surface area contributed by atoms with Crippen LogP contribution in [-0.4, -0.2) is 47.7 Å². The highest BCUT2D eigenvalue weighted by molar-refractivity contribution is 5.79. The van der Waals surface area contributed by atoms with Crippen molar-refractivity contribution in [1.29, 1.82) is 0 Å². The van der Waals surface area contributed by atoms with Gasteiger partial charge in [-0.3, -0.25) is 4.79 Å². The summed E-state index contributed by atoms with van der Waals surface area (Å²) in [5.74, 6) is -0.367.